The summed E-state index contributed by atoms with van der Waals surface area (Å²) in [4.78, 5) is 26.3. The Morgan fingerprint density at radius 2 is 1.81 bits per heavy atom. The predicted octanol–water partition coefficient (Wildman–Crippen LogP) is 4.65. The number of hydrogen-bond acceptors (Lipinski definition) is 6. The van der Waals surface area contributed by atoms with Gasteiger partial charge in [0, 0.05) is 6.54 Å². The van der Waals surface area contributed by atoms with E-state index in [0.29, 0.717) is 18.7 Å². The van der Waals surface area contributed by atoms with Crippen molar-refractivity contribution in [2.24, 2.45) is 10.7 Å². The van der Waals surface area contributed by atoms with Crippen LogP contribution in [-0.4, -0.2) is 21.8 Å². The van der Waals surface area contributed by atoms with Crippen molar-refractivity contribution in [2.45, 2.75) is 39.3 Å². The molecule has 31 heavy (non-hydrogen) atoms. The number of amides is 1. The molecule has 0 aromatic heterocycles. The van der Waals surface area contributed by atoms with E-state index < -0.39 is 22.3 Å². The van der Waals surface area contributed by atoms with Crippen molar-refractivity contribution >= 4 is 28.6 Å². The van der Waals surface area contributed by atoms with Gasteiger partial charge in [-0.05, 0) is 49.9 Å². The molecule has 0 radical (unpaired) electrons. The number of hydrogen-bond donors (Lipinski definition) is 2. The Hall–Kier alpha value is -3.39. The van der Waals surface area contributed by atoms with E-state index in [2.05, 4.69) is 10.3 Å². The highest BCUT2D eigenvalue weighted by Gasteiger charge is 2.17. The summed E-state index contributed by atoms with van der Waals surface area (Å²) < 4.78 is 5.22. The SMILES string of the molecule is CC(C)(C)OC(=O)NCc1ccc(Cc2ccccc2N=C(Cl)/C(=C/N)[N+](=O)[O-])cc1. The number of para-hydroxylation sites is 1. The van der Waals surface area contributed by atoms with Gasteiger partial charge in [-0.25, -0.2) is 9.79 Å². The second kappa shape index (κ2) is 10.6. The van der Waals surface area contributed by atoms with E-state index >= 15 is 0 Å². The summed E-state index contributed by atoms with van der Waals surface area (Å²) in [6, 6.07) is 14.9. The minimum atomic E-state index is -0.682. The summed E-state index contributed by atoms with van der Waals surface area (Å²) in [6.45, 7) is 5.77. The van der Waals surface area contributed by atoms with Gasteiger partial charge in [-0.1, -0.05) is 54.1 Å². The number of nitrogens with zero attached hydrogens (tertiary/aromatic N) is 2. The highest BCUT2D eigenvalue weighted by Crippen LogP contribution is 2.24. The molecule has 3 N–H and O–H groups in total. The highest BCUT2D eigenvalue weighted by molar-refractivity contribution is 6.69. The zero-order valence-electron chi connectivity index (χ0n) is 17.6. The van der Waals surface area contributed by atoms with Gasteiger partial charge in [0.1, 0.15) is 5.60 Å². The minimum Gasteiger partial charge on any atom is -0.444 e. The number of allylic oxidation sites excluding steroid dienone is 1. The van der Waals surface area contributed by atoms with Crippen LogP contribution in [0.15, 0.2) is 65.4 Å². The molecule has 0 fully saturated rings. The van der Waals surface area contributed by atoms with E-state index in [1.165, 1.54) is 0 Å². The molecule has 0 spiro atoms. The zero-order valence-corrected chi connectivity index (χ0v) is 18.3. The van der Waals surface area contributed by atoms with E-state index in [-0.39, 0.29) is 5.17 Å². The molecule has 0 heterocycles. The lowest BCUT2D eigenvalue weighted by molar-refractivity contribution is -0.414. The monoisotopic (exact) mass is 444 g/mol. The first kappa shape index (κ1) is 23.9. The van der Waals surface area contributed by atoms with Crippen LogP contribution < -0.4 is 11.1 Å². The Labute approximate surface area is 185 Å². The van der Waals surface area contributed by atoms with Crippen molar-refractivity contribution in [3.8, 4) is 0 Å². The molecule has 0 saturated carbocycles. The smallest absolute Gasteiger partial charge is 0.407 e. The minimum absolute atomic E-state index is 0.288. The molecule has 2 rings (SSSR count). The van der Waals surface area contributed by atoms with E-state index in [4.69, 9.17) is 22.1 Å². The van der Waals surface area contributed by atoms with Crippen molar-refractivity contribution in [3.63, 3.8) is 0 Å². The molecule has 0 bridgehead atoms. The lowest BCUT2D eigenvalue weighted by atomic mass is 10.0. The first-order valence-corrected chi connectivity index (χ1v) is 9.90. The van der Waals surface area contributed by atoms with Crippen molar-refractivity contribution < 1.29 is 14.5 Å². The topological polar surface area (TPSA) is 120 Å². The lowest BCUT2D eigenvalue weighted by Crippen LogP contribution is -2.32. The van der Waals surface area contributed by atoms with E-state index in [1.807, 2.05) is 36.4 Å². The quantitative estimate of drug-likeness (QED) is 0.366. The molecule has 0 saturated heterocycles. The zero-order chi connectivity index (χ0) is 23.0. The van der Waals surface area contributed by atoms with Crippen LogP contribution in [0.3, 0.4) is 0 Å². The van der Waals surface area contributed by atoms with Crippen LogP contribution in [0.4, 0.5) is 10.5 Å². The van der Waals surface area contributed by atoms with Gasteiger partial charge in [0.15, 0.2) is 0 Å². The van der Waals surface area contributed by atoms with Gasteiger partial charge in [-0.3, -0.25) is 10.1 Å². The Morgan fingerprint density at radius 1 is 1.19 bits per heavy atom. The molecule has 0 unspecified atom stereocenters. The predicted molar refractivity (Wildman–Crippen MR) is 121 cm³/mol. The third kappa shape index (κ3) is 7.75. The Balaban J connectivity index is 2.09. The molecule has 164 valence electrons. The number of alkyl carbamates (subject to hydrolysis) is 1. The number of aliphatic imine (C=N–C) groups is 1. The molecule has 2 aromatic carbocycles. The van der Waals surface area contributed by atoms with Gasteiger partial charge in [0.2, 0.25) is 5.17 Å². The summed E-state index contributed by atoms with van der Waals surface area (Å²) >= 11 is 5.99. The van der Waals surface area contributed by atoms with Gasteiger partial charge in [-0.15, -0.1) is 0 Å². The van der Waals surface area contributed by atoms with E-state index in [0.717, 1.165) is 22.9 Å². The fourth-order valence-electron chi connectivity index (χ4n) is 2.62. The highest BCUT2D eigenvalue weighted by atomic mass is 35.5. The normalized spacial score (nSPS) is 12.4. The number of ether oxygens (including phenoxy) is 1. The number of benzene rings is 2. The molecular weight excluding hydrogens is 420 g/mol. The molecule has 9 heteroatoms. The first-order valence-electron chi connectivity index (χ1n) is 9.52. The van der Waals surface area contributed by atoms with Crippen molar-refractivity contribution in [1.82, 2.24) is 5.32 Å². The Morgan fingerprint density at radius 3 is 2.39 bits per heavy atom. The molecule has 0 aliphatic rings. The summed E-state index contributed by atoms with van der Waals surface area (Å²) in [6.07, 6.45) is 0.892. The number of carbonyl (C=O) groups excluding carboxylic acids is 1. The van der Waals surface area contributed by atoms with Crippen molar-refractivity contribution in [3.05, 3.63) is 87.2 Å². The molecule has 2 aromatic rings. The van der Waals surface area contributed by atoms with Crippen molar-refractivity contribution in [2.75, 3.05) is 0 Å². The van der Waals surface area contributed by atoms with Crippen LogP contribution in [0.25, 0.3) is 0 Å². The van der Waals surface area contributed by atoms with Crippen LogP contribution in [0.1, 0.15) is 37.5 Å². The first-order chi connectivity index (χ1) is 14.6. The molecule has 0 atom stereocenters. The molecule has 8 nitrogen and oxygen atoms in total. The maximum absolute atomic E-state index is 11.8. The molecule has 0 aliphatic carbocycles. The molecule has 1 amide bonds. The van der Waals surface area contributed by atoms with Crippen LogP contribution in [0, 0.1) is 10.1 Å². The van der Waals surface area contributed by atoms with E-state index in [1.54, 1.807) is 32.9 Å². The number of carbonyl (C=O) groups is 1. The molecule has 0 aliphatic heterocycles. The standard InChI is InChI=1S/C22H25ClN4O4/c1-22(2,3)31-21(28)25-14-16-10-8-15(9-11-16)12-17-6-4-5-7-18(17)26-20(23)19(13-24)27(29)30/h4-11,13H,12,14,24H2,1-3H3,(H,25,28)/b19-13-,26-20?. The average Bonchev–Trinajstić information content (AvgIpc) is 2.68. The fraction of sp³-hybridized carbons (Fsp3) is 0.273. The van der Waals surface area contributed by atoms with Gasteiger partial charge in [0.25, 0.3) is 0 Å². The summed E-state index contributed by atoms with van der Waals surface area (Å²) in [7, 11) is 0. The van der Waals surface area contributed by atoms with Crippen LogP contribution in [0.2, 0.25) is 0 Å². The number of nitrogens with one attached hydrogen (secondary N) is 1. The maximum Gasteiger partial charge on any atom is 0.407 e. The van der Waals surface area contributed by atoms with E-state index in [9.17, 15) is 14.9 Å². The van der Waals surface area contributed by atoms with Gasteiger partial charge in [0.05, 0.1) is 16.8 Å². The third-order valence-corrected chi connectivity index (χ3v) is 4.31. The number of halogens is 1. The average molecular weight is 445 g/mol. The Kier molecular flexibility index (Phi) is 8.15. The third-order valence-electron chi connectivity index (χ3n) is 4.03. The van der Waals surface area contributed by atoms with Crippen LogP contribution in [-0.2, 0) is 17.7 Å². The second-order valence-electron chi connectivity index (χ2n) is 7.69. The van der Waals surface area contributed by atoms with Gasteiger partial charge in [-0.2, -0.15) is 0 Å². The molecular formula is C22H25ClN4O4. The summed E-state index contributed by atoms with van der Waals surface area (Å²) in [5.74, 6) is 0. The van der Waals surface area contributed by atoms with Crippen molar-refractivity contribution in [1.29, 1.82) is 0 Å². The maximum atomic E-state index is 11.8. The van der Waals surface area contributed by atoms with Crippen LogP contribution >= 0.6 is 11.6 Å². The number of nitrogens with two attached hydrogens (primary N) is 1. The van der Waals surface area contributed by atoms with Crippen LogP contribution in [0.5, 0.6) is 0 Å². The number of nitro groups is 1. The van der Waals surface area contributed by atoms with Gasteiger partial charge < -0.3 is 15.8 Å². The fourth-order valence-corrected chi connectivity index (χ4v) is 2.84. The summed E-state index contributed by atoms with van der Waals surface area (Å²) in [5.41, 5.74) is 7.56. The second-order valence-corrected chi connectivity index (χ2v) is 8.05. The largest absolute Gasteiger partial charge is 0.444 e. The lowest BCUT2D eigenvalue weighted by Gasteiger charge is -2.19. The van der Waals surface area contributed by atoms with Gasteiger partial charge >= 0.3 is 11.8 Å². The summed E-state index contributed by atoms with van der Waals surface area (Å²) in [5, 5.41) is 13.4. The number of rotatable bonds is 7. The Bertz CT molecular complexity index is 995.